The van der Waals surface area contributed by atoms with Gasteiger partial charge in [0.05, 0.1) is 16.8 Å². The third-order valence-electron chi connectivity index (χ3n) is 4.95. The number of hydrazone groups is 1. The molecule has 11 heteroatoms. The normalized spacial score (nSPS) is 12.7. The number of rotatable bonds is 7. The van der Waals surface area contributed by atoms with Crippen molar-refractivity contribution in [3.05, 3.63) is 81.3 Å². The van der Waals surface area contributed by atoms with Crippen LogP contribution in [0.3, 0.4) is 0 Å². The molecule has 1 aliphatic rings. The minimum atomic E-state index is -4.05. The van der Waals surface area contributed by atoms with Crippen LogP contribution in [0.25, 0.3) is 0 Å². The summed E-state index contributed by atoms with van der Waals surface area (Å²) in [6.07, 6.45) is 1.42. The maximum atomic E-state index is 13.3. The summed E-state index contributed by atoms with van der Waals surface area (Å²) >= 11 is 9.64. The molecule has 0 aliphatic carbocycles. The minimum absolute atomic E-state index is 0.0484. The van der Waals surface area contributed by atoms with E-state index in [0.717, 1.165) is 9.87 Å². The number of anilines is 1. The van der Waals surface area contributed by atoms with Gasteiger partial charge in [-0.15, -0.1) is 0 Å². The smallest absolute Gasteiger partial charge is 0.264 e. The summed E-state index contributed by atoms with van der Waals surface area (Å²) in [5, 5.41) is 4.35. The molecule has 0 saturated carbocycles. The summed E-state index contributed by atoms with van der Waals surface area (Å²) < 4.78 is 39.0. The molecule has 8 nitrogen and oxygen atoms in total. The molecule has 0 bridgehead atoms. The highest BCUT2D eigenvalue weighted by Gasteiger charge is 2.27. The molecule has 0 radical (unpaired) electrons. The zero-order chi connectivity index (χ0) is 24.3. The monoisotopic (exact) mass is 563 g/mol. The molecular formula is C23H19BrClN3O5S. The van der Waals surface area contributed by atoms with Crippen LogP contribution in [0.1, 0.15) is 11.1 Å². The number of fused-ring (bicyclic) bond motifs is 1. The van der Waals surface area contributed by atoms with Crippen molar-refractivity contribution in [2.75, 3.05) is 17.6 Å². The number of nitrogens with zero attached hydrogens (tertiary/aromatic N) is 2. The molecule has 0 aromatic heterocycles. The zero-order valence-corrected chi connectivity index (χ0v) is 21.0. The van der Waals surface area contributed by atoms with Crippen LogP contribution >= 0.6 is 27.5 Å². The lowest BCUT2D eigenvalue weighted by Crippen LogP contribution is -2.39. The van der Waals surface area contributed by atoms with Crippen molar-refractivity contribution in [1.82, 2.24) is 5.43 Å². The molecule has 3 aromatic rings. The van der Waals surface area contributed by atoms with E-state index >= 15 is 0 Å². The predicted octanol–water partition coefficient (Wildman–Crippen LogP) is 4.49. The third-order valence-corrected chi connectivity index (χ3v) is 7.83. The van der Waals surface area contributed by atoms with E-state index in [1.807, 2.05) is 0 Å². The van der Waals surface area contributed by atoms with Gasteiger partial charge in [-0.3, -0.25) is 9.10 Å². The second kappa shape index (κ2) is 10.0. The number of aryl methyl sites for hydroxylation is 1. The number of halogens is 2. The molecule has 1 heterocycles. The average molecular weight is 565 g/mol. The molecular weight excluding hydrogens is 546 g/mol. The fourth-order valence-corrected chi connectivity index (χ4v) is 5.18. The van der Waals surface area contributed by atoms with Gasteiger partial charge in [0.1, 0.15) is 6.54 Å². The highest BCUT2D eigenvalue weighted by atomic mass is 79.9. The van der Waals surface area contributed by atoms with Crippen molar-refractivity contribution in [3.8, 4) is 11.5 Å². The lowest BCUT2D eigenvalue weighted by atomic mass is 10.2. The van der Waals surface area contributed by atoms with Crippen LogP contribution < -0.4 is 19.2 Å². The van der Waals surface area contributed by atoms with Crippen LogP contribution in [0, 0.1) is 6.92 Å². The third kappa shape index (κ3) is 5.19. The van der Waals surface area contributed by atoms with Crippen molar-refractivity contribution in [3.63, 3.8) is 0 Å². The van der Waals surface area contributed by atoms with Crippen molar-refractivity contribution in [2.45, 2.75) is 11.8 Å². The van der Waals surface area contributed by atoms with E-state index in [0.29, 0.717) is 26.6 Å². The van der Waals surface area contributed by atoms with E-state index < -0.39 is 22.5 Å². The van der Waals surface area contributed by atoms with Gasteiger partial charge in [-0.25, -0.2) is 13.8 Å². The summed E-state index contributed by atoms with van der Waals surface area (Å²) in [5.41, 5.74) is 4.06. The predicted molar refractivity (Wildman–Crippen MR) is 133 cm³/mol. The Balaban J connectivity index is 1.56. The van der Waals surface area contributed by atoms with Gasteiger partial charge in [-0.05, 0) is 64.8 Å². The number of amides is 1. The number of ether oxygens (including phenoxy) is 2. The first-order valence-corrected chi connectivity index (χ1v) is 12.6. The van der Waals surface area contributed by atoms with Gasteiger partial charge in [-0.2, -0.15) is 5.10 Å². The SMILES string of the molecule is Cc1ccc(N(CC(=O)N/N=C\c2cc3c(cc2Br)OCO3)S(=O)(=O)c2ccccc2)cc1Cl. The number of nitrogens with one attached hydrogen (secondary N) is 1. The number of carbonyl (C=O) groups is 1. The summed E-state index contributed by atoms with van der Waals surface area (Å²) in [7, 11) is -4.05. The molecule has 1 aliphatic heterocycles. The number of benzene rings is 3. The molecule has 1 amide bonds. The Hall–Kier alpha value is -3.08. The fraction of sp³-hybridized carbons (Fsp3) is 0.130. The molecule has 176 valence electrons. The first-order valence-electron chi connectivity index (χ1n) is 10.0. The van der Waals surface area contributed by atoms with E-state index in [2.05, 4.69) is 26.5 Å². The van der Waals surface area contributed by atoms with E-state index in [9.17, 15) is 13.2 Å². The van der Waals surface area contributed by atoms with Gasteiger partial charge < -0.3 is 9.47 Å². The molecule has 0 spiro atoms. The number of carbonyl (C=O) groups excluding carboxylic acids is 1. The van der Waals surface area contributed by atoms with E-state index in [-0.39, 0.29) is 17.4 Å². The Bertz CT molecular complexity index is 1370. The lowest BCUT2D eigenvalue weighted by Gasteiger charge is -2.24. The second-order valence-corrected chi connectivity index (χ2v) is 10.4. The van der Waals surface area contributed by atoms with Crippen molar-refractivity contribution in [2.24, 2.45) is 5.10 Å². The van der Waals surface area contributed by atoms with Crippen molar-refractivity contribution < 1.29 is 22.7 Å². The fourth-order valence-electron chi connectivity index (χ4n) is 3.14. The van der Waals surface area contributed by atoms with Gasteiger partial charge in [0.2, 0.25) is 6.79 Å². The van der Waals surface area contributed by atoms with Crippen LogP contribution in [-0.4, -0.2) is 33.9 Å². The van der Waals surface area contributed by atoms with Crippen LogP contribution in [-0.2, 0) is 14.8 Å². The van der Waals surface area contributed by atoms with Crippen LogP contribution in [0.15, 0.2) is 75.1 Å². The number of hydrogen-bond donors (Lipinski definition) is 1. The number of sulfonamides is 1. The molecule has 34 heavy (non-hydrogen) atoms. The summed E-state index contributed by atoms with van der Waals surface area (Å²) in [6.45, 7) is 1.43. The van der Waals surface area contributed by atoms with E-state index in [1.165, 1.54) is 24.4 Å². The van der Waals surface area contributed by atoms with Gasteiger partial charge in [0.15, 0.2) is 11.5 Å². The van der Waals surface area contributed by atoms with Crippen LogP contribution in [0.2, 0.25) is 5.02 Å². The van der Waals surface area contributed by atoms with Crippen molar-refractivity contribution in [1.29, 1.82) is 0 Å². The average Bonchev–Trinajstić information content (AvgIpc) is 3.27. The Morgan fingerprint density at radius 1 is 1.15 bits per heavy atom. The molecule has 0 atom stereocenters. The first-order chi connectivity index (χ1) is 16.3. The largest absolute Gasteiger partial charge is 0.454 e. The highest BCUT2D eigenvalue weighted by molar-refractivity contribution is 9.10. The zero-order valence-electron chi connectivity index (χ0n) is 17.9. The standard InChI is InChI=1S/C23H19BrClN3O5S/c1-15-7-8-17(10-20(15)25)28(34(30,31)18-5-3-2-4-6-18)13-23(29)27-26-12-16-9-21-22(11-19(16)24)33-14-32-21/h2-12H,13-14H2,1H3,(H,27,29)/b26-12-. The lowest BCUT2D eigenvalue weighted by molar-refractivity contribution is -0.119. The van der Waals surface area contributed by atoms with Gasteiger partial charge >= 0.3 is 0 Å². The quantitative estimate of drug-likeness (QED) is 0.337. The van der Waals surface area contributed by atoms with Crippen molar-refractivity contribution >= 4 is 55.4 Å². The maximum Gasteiger partial charge on any atom is 0.264 e. The van der Waals surface area contributed by atoms with E-state index in [4.69, 9.17) is 21.1 Å². The Morgan fingerprint density at radius 3 is 2.56 bits per heavy atom. The first kappa shape index (κ1) is 24.1. The van der Waals surface area contributed by atoms with Crippen LogP contribution in [0.4, 0.5) is 5.69 Å². The Morgan fingerprint density at radius 2 is 1.85 bits per heavy atom. The maximum absolute atomic E-state index is 13.3. The number of hydrogen-bond acceptors (Lipinski definition) is 6. The Kier molecular flexibility index (Phi) is 7.11. The summed E-state index contributed by atoms with van der Waals surface area (Å²) in [5.74, 6) is 0.531. The summed E-state index contributed by atoms with van der Waals surface area (Å²) in [4.78, 5) is 12.7. The molecule has 4 rings (SSSR count). The second-order valence-electron chi connectivity index (χ2n) is 7.28. The minimum Gasteiger partial charge on any atom is -0.454 e. The van der Waals surface area contributed by atoms with Gasteiger partial charge in [0.25, 0.3) is 15.9 Å². The van der Waals surface area contributed by atoms with Gasteiger partial charge in [0, 0.05) is 15.1 Å². The molecule has 0 unspecified atom stereocenters. The Labute approximate surface area is 210 Å². The summed E-state index contributed by atoms with van der Waals surface area (Å²) in [6, 6.07) is 16.1. The van der Waals surface area contributed by atoms with Crippen LogP contribution in [0.5, 0.6) is 11.5 Å². The molecule has 3 aromatic carbocycles. The molecule has 0 fully saturated rings. The van der Waals surface area contributed by atoms with Gasteiger partial charge in [-0.1, -0.05) is 35.9 Å². The highest BCUT2D eigenvalue weighted by Crippen LogP contribution is 2.36. The topological polar surface area (TPSA) is 97.3 Å². The van der Waals surface area contributed by atoms with E-state index in [1.54, 1.807) is 49.4 Å². The molecule has 1 N–H and O–H groups in total. The molecule has 0 saturated heterocycles.